The summed E-state index contributed by atoms with van der Waals surface area (Å²) in [6.07, 6.45) is 1.35. The Hall–Kier alpha value is -3.48. The number of nitro groups is 1. The summed E-state index contributed by atoms with van der Waals surface area (Å²) in [7, 11) is 0. The normalized spacial score (nSPS) is 11.8. The Balaban J connectivity index is 2.00. The molecule has 2 rings (SSSR count). The molecule has 0 unspecified atom stereocenters. The first-order valence-electron chi connectivity index (χ1n) is 8.31. The monoisotopic (exact) mass is 369 g/mol. The van der Waals surface area contributed by atoms with Crippen LogP contribution in [0, 0.1) is 10.1 Å². The highest BCUT2D eigenvalue weighted by molar-refractivity contribution is 6.01. The molecule has 2 aromatic carbocycles. The number of esters is 1. The number of carbonyl (C=O) groups excluding carboxylic acids is 2. The van der Waals surface area contributed by atoms with Crippen molar-refractivity contribution in [1.82, 2.24) is 0 Å². The van der Waals surface area contributed by atoms with Crippen LogP contribution in [0.1, 0.15) is 29.8 Å². The molecular formula is C20H19NO6. The Morgan fingerprint density at radius 3 is 2.44 bits per heavy atom. The number of para-hydroxylation sites is 1. The van der Waals surface area contributed by atoms with E-state index in [2.05, 4.69) is 0 Å². The van der Waals surface area contributed by atoms with Crippen molar-refractivity contribution < 1.29 is 24.0 Å². The molecule has 7 heteroatoms. The van der Waals surface area contributed by atoms with Crippen molar-refractivity contribution in [3.05, 3.63) is 75.8 Å². The predicted octanol–water partition coefficient (Wildman–Crippen LogP) is 3.82. The molecule has 27 heavy (non-hydrogen) atoms. The van der Waals surface area contributed by atoms with Crippen molar-refractivity contribution in [2.75, 3.05) is 6.61 Å². The van der Waals surface area contributed by atoms with E-state index in [0.717, 1.165) is 6.08 Å². The summed E-state index contributed by atoms with van der Waals surface area (Å²) in [5, 5.41) is 11.0. The second kappa shape index (κ2) is 9.28. The maximum Gasteiger partial charge on any atom is 0.331 e. The molecule has 0 saturated carbocycles. The first-order chi connectivity index (χ1) is 12.9. The highest BCUT2D eigenvalue weighted by Gasteiger charge is 2.19. The van der Waals surface area contributed by atoms with E-state index < -0.39 is 17.0 Å². The van der Waals surface area contributed by atoms with Gasteiger partial charge in [0.25, 0.3) is 5.69 Å². The predicted molar refractivity (Wildman–Crippen MR) is 99.6 cm³/mol. The maximum absolute atomic E-state index is 12.3. The van der Waals surface area contributed by atoms with E-state index in [-0.39, 0.29) is 17.0 Å². The number of rotatable bonds is 8. The van der Waals surface area contributed by atoms with Gasteiger partial charge in [0, 0.05) is 17.7 Å². The van der Waals surface area contributed by atoms with Crippen LogP contribution in [0.5, 0.6) is 5.75 Å². The highest BCUT2D eigenvalue weighted by atomic mass is 16.6. The Morgan fingerprint density at radius 1 is 1.15 bits per heavy atom. The first kappa shape index (κ1) is 19.8. The van der Waals surface area contributed by atoms with E-state index in [1.807, 2.05) is 6.92 Å². The fraction of sp³-hybridized carbons (Fsp3) is 0.200. The van der Waals surface area contributed by atoms with E-state index in [1.54, 1.807) is 30.3 Å². The summed E-state index contributed by atoms with van der Waals surface area (Å²) in [5.74, 6) is -0.475. The number of nitro benzene ring substituents is 1. The minimum atomic E-state index is -0.995. The van der Waals surface area contributed by atoms with Gasteiger partial charge < -0.3 is 9.47 Å². The summed E-state index contributed by atoms with van der Waals surface area (Å²) in [6, 6.07) is 12.5. The number of carbonyl (C=O) groups is 2. The van der Waals surface area contributed by atoms with Crippen molar-refractivity contribution in [2.24, 2.45) is 0 Å². The number of ketones is 1. The van der Waals surface area contributed by atoms with Gasteiger partial charge in [-0.25, -0.2) is 4.79 Å². The third kappa shape index (κ3) is 5.50. The van der Waals surface area contributed by atoms with Crippen molar-refractivity contribution in [3.8, 4) is 5.75 Å². The topological polar surface area (TPSA) is 95.7 Å². The van der Waals surface area contributed by atoms with Gasteiger partial charge in [-0.1, -0.05) is 12.1 Å². The van der Waals surface area contributed by atoms with Crippen LogP contribution >= 0.6 is 0 Å². The summed E-state index contributed by atoms with van der Waals surface area (Å²) in [4.78, 5) is 34.7. The standard InChI is InChI=1S/C20H19NO6/c1-3-26-17-11-8-16(9-12-17)20(23)14(2)27-19(22)13-10-15-6-4-5-7-18(15)21(24)25/h4-14H,3H2,1-2H3/b13-10+/t14-/m1/s1. The lowest BCUT2D eigenvalue weighted by Crippen LogP contribution is -2.23. The van der Waals surface area contributed by atoms with Gasteiger partial charge >= 0.3 is 5.97 Å². The Bertz CT molecular complexity index is 857. The van der Waals surface area contributed by atoms with E-state index in [4.69, 9.17) is 9.47 Å². The zero-order chi connectivity index (χ0) is 19.8. The van der Waals surface area contributed by atoms with Crippen LogP contribution in [0.15, 0.2) is 54.6 Å². The van der Waals surface area contributed by atoms with Gasteiger partial charge in [-0.3, -0.25) is 14.9 Å². The quantitative estimate of drug-likeness (QED) is 0.231. The average Bonchev–Trinajstić information content (AvgIpc) is 2.66. The first-order valence-corrected chi connectivity index (χ1v) is 8.31. The Kier molecular flexibility index (Phi) is 6.82. The van der Waals surface area contributed by atoms with Crippen molar-refractivity contribution in [3.63, 3.8) is 0 Å². The van der Waals surface area contributed by atoms with E-state index in [9.17, 15) is 19.7 Å². The van der Waals surface area contributed by atoms with Crippen LogP contribution < -0.4 is 4.74 Å². The van der Waals surface area contributed by atoms with Crippen molar-refractivity contribution in [2.45, 2.75) is 20.0 Å². The minimum absolute atomic E-state index is 0.125. The van der Waals surface area contributed by atoms with Gasteiger partial charge in [0.15, 0.2) is 6.10 Å². The molecular weight excluding hydrogens is 350 g/mol. The fourth-order valence-corrected chi connectivity index (χ4v) is 2.34. The van der Waals surface area contributed by atoms with Crippen molar-refractivity contribution >= 4 is 23.5 Å². The van der Waals surface area contributed by atoms with Gasteiger partial charge in [-0.2, -0.15) is 0 Å². The van der Waals surface area contributed by atoms with Gasteiger partial charge in [-0.05, 0) is 50.3 Å². The van der Waals surface area contributed by atoms with E-state index >= 15 is 0 Å². The number of Topliss-reactive ketones (excluding diaryl/α,β-unsaturated/α-hetero) is 1. The fourth-order valence-electron chi connectivity index (χ4n) is 2.34. The molecule has 0 heterocycles. The SMILES string of the molecule is CCOc1ccc(C(=O)[C@@H](C)OC(=O)/C=C/c2ccccc2[N+](=O)[O-])cc1. The lowest BCUT2D eigenvalue weighted by atomic mass is 10.1. The van der Waals surface area contributed by atoms with Crippen LogP contribution in [0.3, 0.4) is 0 Å². The summed E-state index contributed by atoms with van der Waals surface area (Å²) in [5.41, 5.74) is 0.534. The number of ether oxygens (including phenoxy) is 2. The minimum Gasteiger partial charge on any atom is -0.494 e. The average molecular weight is 369 g/mol. The zero-order valence-electron chi connectivity index (χ0n) is 15.0. The van der Waals surface area contributed by atoms with Crippen LogP contribution in [-0.2, 0) is 9.53 Å². The van der Waals surface area contributed by atoms with Crippen LogP contribution in [0.4, 0.5) is 5.69 Å². The second-order valence-electron chi connectivity index (χ2n) is 5.55. The summed E-state index contributed by atoms with van der Waals surface area (Å²) < 4.78 is 10.4. The van der Waals surface area contributed by atoms with Gasteiger partial charge in [0.1, 0.15) is 5.75 Å². The van der Waals surface area contributed by atoms with Crippen LogP contribution in [0.2, 0.25) is 0 Å². The molecule has 1 atom stereocenters. The molecule has 0 aliphatic heterocycles. The molecule has 140 valence electrons. The molecule has 2 aromatic rings. The third-order valence-electron chi connectivity index (χ3n) is 3.64. The number of hydrogen-bond acceptors (Lipinski definition) is 6. The maximum atomic E-state index is 12.3. The lowest BCUT2D eigenvalue weighted by Gasteiger charge is -2.11. The molecule has 7 nitrogen and oxygen atoms in total. The smallest absolute Gasteiger partial charge is 0.331 e. The zero-order valence-corrected chi connectivity index (χ0v) is 15.0. The molecule has 0 aliphatic carbocycles. The molecule has 0 spiro atoms. The van der Waals surface area contributed by atoms with Gasteiger partial charge in [0.2, 0.25) is 5.78 Å². The largest absolute Gasteiger partial charge is 0.494 e. The molecule has 0 aliphatic rings. The Labute approximate surface area is 156 Å². The van der Waals surface area contributed by atoms with Gasteiger partial charge in [0.05, 0.1) is 17.1 Å². The molecule has 0 radical (unpaired) electrons. The van der Waals surface area contributed by atoms with E-state index in [0.29, 0.717) is 17.9 Å². The van der Waals surface area contributed by atoms with Gasteiger partial charge in [-0.15, -0.1) is 0 Å². The molecule has 0 bridgehead atoms. The second-order valence-corrected chi connectivity index (χ2v) is 5.55. The summed E-state index contributed by atoms with van der Waals surface area (Å²) in [6.45, 7) is 3.85. The highest BCUT2D eigenvalue weighted by Crippen LogP contribution is 2.19. The number of benzene rings is 2. The number of hydrogen-bond donors (Lipinski definition) is 0. The van der Waals surface area contributed by atoms with Crippen LogP contribution in [0.25, 0.3) is 6.08 Å². The third-order valence-corrected chi connectivity index (χ3v) is 3.64. The molecule has 0 saturated heterocycles. The number of nitrogens with zero attached hydrogens (tertiary/aromatic N) is 1. The molecule has 0 fully saturated rings. The van der Waals surface area contributed by atoms with E-state index in [1.165, 1.54) is 31.2 Å². The molecule has 0 aromatic heterocycles. The summed E-state index contributed by atoms with van der Waals surface area (Å²) >= 11 is 0. The lowest BCUT2D eigenvalue weighted by molar-refractivity contribution is -0.385. The molecule has 0 amide bonds. The van der Waals surface area contributed by atoms with Crippen LogP contribution in [-0.4, -0.2) is 29.4 Å². The van der Waals surface area contributed by atoms with Crippen molar-refractivity contribution in [1.29, 1.82) is 0 Å². The Morgan fingerprint density at radius 2 is 1.81 bits per heavy atom. The molecule has 0 N–H and O–H groups in total.